The van der Waals surface area contributed by atoms with Crippen LogP contribution in [0.4, 0.5) is 5.69 Å². The zero-order chi connectivity index (χ0) is 20.6. The second-order valence-electron chi connectivity index (χ2n) is 6.76. The number of hydrogen-bond acceptors (Lipinski definition) is 4. The number of nitrogens with one attached hydrogen (secondary N) is 3. The van der Waals surface area contributed by atoms with Crippen LogP contribution >= 0.6 is 24.0 Å². The van der Waals surface area contributed by atoms with E-state index in [0.717, 1.165) is 22.6 Å². The predicted octanol–water partition coefficient (Wildman–Crippen LogP) is 3.50. The van der Waals surface area contributed by atoms with Gasteiger partial charge in [-0.3, -0.25) is 9.79 Å². The molecular formula is C22H29IN4O3. The average molecular weight is 524 g/mol. The monoisotopic (exact) mass is 524 g/mol. The minimum Gasteiger partial charge on any atom is -0.493 e. The summed E-state index contributed by atoms with van der Waals surface area (Å²) in [6.07, 6.45) is 0.456. The van der Waals surface area contributed by atoms with Crippen molar-refractivity contribution in [3.63, 3.8) is 0 Å². The lowest BCUT2D eigenvalue weighted by atomic mass is 9.90. The first kappa shape index (κ1) is 23.8. The molecule has 0 radical (unpaired) electrons. The fourth-order valence-electron chi connectivity index (χ4n) is 3.41. The van der Waals surface area contributed by atoms with E-state index in [9.17, 15) is 4.79 Å². The van der Waals surface area contributed by atoms with E-state index < -0.39 is 0 Å². The third kappa shape index (κ3) is 6.01. The van der Waals surface area contributed by atoms with Crippen LogP contribution in [0, 0.1) is 0 Å². The highest BCUT2D eigenvalue weighted by atomic mass is 127. The minimum atomic E-state index is 0. The molecule has 1 aliphatic rings. The molecule has 0 aliphatic carbocycles. The SMILES string of the molecule is CCOc1cc(CNC(=NC)NCC2CC(=O)Nc3ccccc32)ccc1OC.I. The Hall–Kier alpha value is -2.49. The lowest BCUT2D eigenvalue weighted by Crippen LogP contribution is -2.40. The second kappa shape index (κ2) is 11.6. The van der Waals surface area contributed by atoms with Gasteiger partial charge < -0.3 is 25.4 Å². The van der Waals surface area contributed by atoms with Gasteiger partial charge in [0.1, 0.15) is 0 Å². The molecule has 0 spiro atoms. The van der Waals surface area contributed by atoms with Crippen molar-refractivity contribution in [3.05, 3.63) is 53.6 Å². The quantitative estimate of drug-likeness (QED) is 0.294. The third-order valence-corrected chi connectivity index (χ3v) is 4.83. The average Bonchev–Trinajstić information content (AvgIpc) is 2.74. The van der Waals surface area contributed by atoms with Gasteiger partial charge in [0, 0.05) is 38.2 Å². The number of aliphatic imine (C=N–C) groups is 1. The Morgan fingerprint density at radius 2 is 2.00 bits per heavy atom. The Morgan fingerprint density at radius 3 is 2.73 bits per heavy atom. The number of fused-ring (bicyclic) bond motifs is 1. The number of guanidine groups is 1. The molecule has 0 saturated carbocycles. The largest absolute Gasteiger partial charge is 0.493 e. The van der Waals surface area contributed by atoms with Gasteiger partial charge in [0.15, 0.2) is 17.5 Å². The number of methoxy groups -OCH3 is 1. The number of anilines is 1. The second-order valence-corrected chi connectivity index (χ2v) is 6.76. The number of rotatable bonds is 7. The molecule has 162 valence electrons. The summed E-state index contributed by atoms with van der Waals surface area (Å²) in [5, 5.41) is 9.57. The van der Waals surface area contributed by atoms with E-state index in [4.69, 9.17) is 9.47 Å². The Morgan fingerprint density at radius 1 is 1.20 bits per heavy atom. The van der Waals surface area contributed by atoms with Crippen LogP contribution in [0.15, 0.2) is 47.5 Å². The van der Waals surface area contributed by atoms with Crippen LogP contribution in [0.3, 0.4) is 0 Å². The number of carbonyl (C=O) groups is 1. The van der Waals surface area contributed by atoms with Gasteiger partial charge in [-0.1, -0.05) is 24.3 Å². The lowest BCUT2D eigenvalue weighted by molar-refractivity contribution is -0.116. The molecule has 0 aromatic heterocycles. The van der Waals surface area contributed by atoms with Gasteiger partial charge >= 0.3 is 0 Å². The van der Waals surface area contributed by atoms with Gasteiger partial charge in [-0.05, 0) is 36.2 Å². The lowest BCUT2D eigenvalue weighted by Gasteiger charge is -2.26. The molecule has 0 bridgehead atoms. The summed E-state index contributed by atoms with van der Waals surface area (Å²) in [5.74, 6) is 2.26. The Labute approximate surface area is 194 Å². The van der Waals surface area contributed by atoms with E-state index in [1.807, 2.05) is 43.3 Å². The first-order valence-corrected chi connectivity index (χ1v) is 9.77. The number of hydrogen-bond donors (Lipinski definition) is 3. The molecule has 1 unspecified atom stereocenters. The van der Waals surface area contributed by atoms with Crippen molar-refractivity contribution in [1.82, 2.24) is 10.6 Å². The molecule has 0 fully saturated rings. The van der Waals surface area contributed by atoms with E-state index in [1.54, 1.807) is 14.2 Å². The molecule has 1 aliphatic heterocycles. The van der Waals surface area contributed by atoms with Crippen LogP contribution in [-0.2, 0) is 11.3 Å². The van der Waals surface area contributed by atoms with Gasteiger partial charge in [0.05, 0.1) is 13.7 Å². The van der Waals surface area contributed by atoms with E-state index in [2.05, 4.69) is 27.0 Å². The minimum absolute atomic E-state index is 0. The van der Waals surface area contributed by atoms with Crippen LogP contribution in [0.25, 0.3) is 0 Å². The van der Waals surface area contributed by atoms with Gasteiger partial charge in [0.2, 0.25) is 5.91 Å². The maximum atomic E-state index is 12.0. The predicted molar refractivity (Wildman–Crippen MR) is 130 cm³/mol. The molecule has 1 heterocycles. The number of para-hydroxylation sites is 1. The van der Waals surface area contributed by atoms with Gasteiger partial charge in [-0.15, -0.1) is 24.0 Å². The maximum absolute atomic E-state index is 12.0. The normalized spacial score (nSPS) is 15.4. The molecule has 3 rings (SSSR count). The molecule has 3 N–H and O–H groups in total. The zero-order valence-electron chi connectivity index (χ0n) is 17.5. The summed E-state index contributed by atoms with van der Waals surface area (Å²) in [6.45, 7) is 3.73. The van der Waals surface area contributed by atoms with Crippen LogP contribution in [-0.4, -0.2) is 39.2 Å². The smallest absolute Gasteiger partial charge is 0.225 e. The highest BCUT2D eigenvalue weighted by Crippen LogP contribution is 2.31. The maximum Gasteiger partial charge on any atom is 0.225 e. The summed E-state index contributed by atoms with van der Waals surface area (Å²) in [5.41, 5.74) is 3.09. The molecule has 7 nitrogen and oxygen atoms in total. The number of benzene rings is 2. The molecule has 1 atom stereocenters. The molecular weight excluding hydrogens is 495 g/mol. The van der Waals surface area contributed by atoms with Crippen molar-refractivity contribution < 1.29 is 14.3 Å². The third-order valence-electron chi connectivity index (χ3n) is 4.83. The van der Waals surface area contributed by atoms with Gasteiger partial charge in [-0.25, -0.2) is 0 Å². The Bertz CT molecular complexity index is 888. The van der Waals surface area contributed by atoms with Crippen LogP contribution in [0.5, 0.6) is 11.5 Å². The summed E-state index contributed by atoms with van der Waals surface area (Å²) in [6, 6.07) is 13.8. The first-order valence-electron chi connectivity index (χ1n) is 9.77. The molecule has 8 heteroatoms. The number of nitrogens with zero attached hydrogens (tertiary/aromatic N) is 1. The highest BCUT2D eigenvalue weighted by Gasteiger charge is 2.24. The topological polar surface area (TPSA) is 84.0 Å². The van der Waals surface area contributed by atoms with Crippen molar-refractivity contribution in [3.8, 4) is 11.5 Å². The van der Waals surface area contributed by atoms with E-state index in [1.165, 1.54) is 0 Å². The van der Waals surface area contributed by atoms with Crippen molar-refractivity contribution >= 4 is 41.5 Å². The molecule has 0 saturated heterocycles. The number of amides is 1. The Kier molecular flexibility index (Phi) is 9.22. The summed E-state index contributed by atoms with van der Waals surface area (Å²) in [4.78, 5) is 16.3. The van der Waals surface area contributed by atoms with Crippen LogP contribution in [0.1, 0.15) is 30.4 Å². The van der Waals surface area contributed by atoms with E-state index >= 15 is 0 Å². The summed E-state index contributed by atoms with van der Waals surface area (Å²) in [7, 11) is 3.36. The standard InChI is InChI=1S/C22H28N4O3.HI/c1-4-29-20-11-15(9-10-19(20)28-3)13-24-22(23-2)25-14-16-12-21(27)26-18-8-6-5-7-17(16)18;/h5-11,16H,4,12-14H2,1-3H3,(H,26,27)(H2,23,24,25);1H. The van der Waals surface area contributed by atoms with Gasteiger partial charge in [0.25, 0.3) is 0 Å². The summed E-state index contributed by atoms with van der Waals surface area (Å²) >= 11 is 0. The summed E-state index contributed by atoms with van der Waals surface area (Å²) < 4.78 is 11.0. The zero-order valence-corrected chi connectivity index (χ0v) is 19.9. The van der Waals surface area contributed by atoms with Crippen LogP contribution in [0.2, 0.25) is 0 Å². The molecule has 30 heavy (non-hydrogen) atoms. The van der Waals surface area contributed by atoms with Gasteiger partial charge in [-0.2, -0.15) is 0 Å². The molecule has 2 aromatic carbocycles. The fraction of sp³-hybridized carbons (Fsp3) is 0.364. The Balaban J connectivity index is 0.00000320. The molecule has 2 aromatic rings. The molecule has 1 amide bonds. The number of carbonyl (C=O) groups excluding carboxylic acids is 1. The van der Waals surface area contributed by atoms with Crippen molar-refractivity contribution in [2.24, 2.45) is 4.99 Å². The van der Waals surface area contributed by atoms with Crippen LogP contribution < -0.4 is 25.4 Å². The van der Waals surface area contributed by atoms with E-state index in [0.29, 0.717) is 37.8 Å². The fourth-order valence-corrected chi connectivity index (χ4v) is 3.41. The van der Waals surface area contributed by atoms with Crippen molar-refractivity contribution in [1.29, 1.82) is 0 Å². The van der Waals surface area contributed by atoms with Crippen molar-refractivity contribution in [2.75, 3.05) is 32.6 Å². The number of ether oxygens (including phenoxy) is 2. The highest BCUT2D eigenvalue weighted by molar-refractivity contribution is 14.0. The van der Waals surface area contributed by atoms with E-state index in [-0.39, 0.29) is 35.8 Å². The first-order chi connectivity index (χ1) is 14.1. The number of halogens is 1. The van der Waals surface area contributed by atoms with Crippen molar-refractivity contribution in [2.45, 2.75) is 25.8 Å².